The van der Waals surface area contributed by atoms with E-state index < -0.39 is 0 Å². The summed E-state index contributed by atoms with van der Waals surface area (Å²) in [6, 6.07) is 0. The summed E-state index contributed by atoms with van der Waals surface area (Å²) in [5, 5.41) is 0. The molecule has 0 atom stereocenters. The molecule has 0 radical (unpaired) electrons. The Hall–Kier alpha value is -1.06. The van der Waals surface area contributed by atoms with E-state index in [4.69, 9.17) is 0 Å². The molecular weight excluding hydrogens is 233 g/mol. The third-order valence-corrected chi connectivity index (χ3v) is 5.07. The van der Waals surface area contributed by atoms with E-state index >= 15 is 0 Å². The van der Waals surface area contributed by atoms with Gasteiger partial charge in [-0.2, -0.15) is 0 Å². The maximum absolute atomic E-state index is 4.65. The second-order valence-corrected chi connectivity index (χ2v) is 6.21. The van der Waals surface area contributed by atoms with Crippen molar-refractivity contribution < 1.29 is 0 Å². The highest BCUT2D eigenvalue weighted by Gasteiger charge is 2.45. The number of rotatable bonds is 1. The van der Waals surface area contributed by atoms with Gasteiger partial charge in [0.25, 0.3) is 6.85 Å². The van der Waals surface area contributed by atoms with Gasteiger partial charge in [0.2, 0.25) is 0 Å². The summed E-state index contributed by atoms with van der Waals surface area (Å²) in [4.78, 5) is 11.7. The maximum Gasteiger partial charge on any atom is 0.269 e. The summed E-state index contributed by atoms with van der Waals surface area (Å²) in [7, 11) is 0. The second kappa shape index (κ2) is 5.14. The Morgan fingerprint density at radius 3 is 1.89 bits per heavy atom. The largest absolute Gasteiger partial charge is 0.363 e. The summed E-state index contributed by atoms with van der Waals surface area (Å²) in [5.41, 5.74) is 0. The van der Waals surface area contributed by atoms with Gasteiger partial charge >= 0.3 is 0 Å². The molecule has 3 rings (SSSR count). The molecule has 19 heavy (non-hydrogen) atoms. The average molecular weight is 257 g/mol. The average Bonchev–Trinajstić information content (AvgIpc) is 2.37. The summed E-state index contributed by atoms with van der Waals surface area (Å²) in [6.07, 6.45) is 10.4. The third kappa shape index (κ3) is 2.26. The molecule has 3 nitrogen and oxygen atoms in total. The first kappa shape index (κ1) is 13.0. The highest BCUT2D eigenvalue weighted by Crippen LogP contribution is 2.47. The van der Waals surface area contributed by atoms with E-state index in [-0.39, 0.29) is 0 Å². The zero-order chi connectivity index (χ0) is 13.4. The monoisotopic (exact) mass is 257 g/mol. The first-order valence-corrected chi connectivity index (χ1v) is 7.77. The number of hydrogen-bond donors (Lipinski definition) is 0. The van der Waals surface area contributed by atoms with Crippen molar-refractivity contribution in [3.8, 4) is 0 Å². The quantitative estimate of drug-likeness (QED) is 0.650. The molecule has 0 aromatic heterocycles. The van der Waals surface area contributed by atoms with Crippen LogP contribution in [0.4, 0.5) is 0 Å². The van der Waals surface area contributed by atoms with Crippen molar-refractivity contribution >= 4 is 18.5 Å². The first-order chi connectivity index (χ1) is 9.20. The molecule has 0 N–H and O–H groups in total. The van der Waals surface area contributed by atoms with E-state index in [0.29, 0.717) is 6.85 Å². The van der Waals surface area contributed by atoms with Gasteiger partial charge in [0, 0.05) is 0 Å². The molecule has 0 aromatic carbocycles. The van der Waals surface area contributed by atoms with Gasteiger partial charge in [-0.15, -0.1) is 0 Å². The molecule has 0 aliphatic carbocycles. The van der Waals surface area contributed by atoms with Crippen molar-refractivity contribution in [2.45, 2.75) is 70.9 Å². The van der Waals surface area contributed by atoms with E-state index in [2.05, 4.69) is 28.6 Å². The zero-order valence-corrected chi connectivity index (χ0v) is 12.4. The van der Waals surface area contributed by atoms with Gasteiger partial charge in [-0.1, -0.05) is 38.5 Å². The summed E-state index contributed by atoms with van der Waals surface area (Å²) < 4.78 is 0. The maximum atomic E-state index is 4.65. The van der Waals surface area contributed by atoms with Crippen molar-refractivity contribution in [2.75, 3.05) is 0 Å². The molecule has 2 fully saturated rings. The van der Waals surface area contributed by atoms with E-state index in [1.165, 1.54) is 38.5 Å². The van der Waals surface area contributed by atoms with Crippen LogP contribution in [0, 0.1) is 0 Å². The summed E-state index contributed by atoms with van der Waals surface area (Å²) >= 11 is 0. The standard InChI is InChI=1S/C15H24BN3/c1-4-15-17-11(2)19(12(3)18-15)16-13-7-5-8-14(16)10-6-9-13/h4,13-14H,5-10H2,1-3H3. The fraction of sp³-hybridized carbons (Fsp3) is 0.733. The topological polar surface area (TPSA) is 28.0 Å². The highest BCUT2D eigenvalue weighted by molar-refractivity contribution is 6.65. The van der Waals surface area contributed by atoms with Crippen LogP contribution in [0.5, 0.6) is 0 Å². The van der Waals surface area contributed by atoms with E-state index in [1.807, 2.05) is 13.0 Å². The Morgan fingerprint density at radius 1 is 1.00 bits per heavy atom. The van der Waals surface area contributed by atoms with Crippen LogP contribution in [0.3, 0.4) is 0 Å². The normalized spacial score (nSPS) is 31.0. The number of aliphatic imine (C=N–C) groups is 2. The molecule has 4 heteroatoms. The highest BCUT2D eigenvalue weighted by atomic mass is 15.3. The van der Waals surface area contributed by atoms with Crippen LogP contribution in [0.2, 0.25) is 11.6 Å². The molecule has 3 aliphatic rings. The fourth-order valence-electron chi connectivity index (χ4n) is 4.32. The zero-order valence-electron chi connectivity index (χ0n) is 12.4. The predicted octanol–water partition coefficient (Wildman–Crippen LogP) is 4.10. The molecule has 102 valence electrons. The van der Waals surface area contributed by atoms with Crippen molar-refractivity contribution in [1.29, 1.82) is 0 Å². The SMILES string of the molecule is CC=C1N=C(C)N(B2C3CCCC2CCC3)C(C)=N1. The molecule has 0 spiro atoms. The smallest absolute Gasteiger partial charge is 0.269 e. The van der Waals surface area contributed by atoms with Crippen LogP contribution in [0.1, 0.15) is 59.3 Å². The van der Waals surface area contributed by atoms with Crippen molar-refractivity contribution in [3.05, 3.63) is 11.9 Å². The van der Waals surface area contributed by atoms with Crippen molar-refractivity contribution in [1.82, 2.24) is 4.81 Å². The van der Waals surface area contributed by atoms with Crippen LogP contribution >= 0.6 is 0 Å². The Kier molecular flexibility index (Phi) is 3.51. The predicted molar refractivity (Wildman–Crippen MR) is 82.8 cm³/mol. The minimum absolute atomic E-state index is 0.661. The Labute approximate surface area is 117 Å². The number of nitrogens with zero attached hydrogens (tertiary/aromatic N) is 3. The minimum atomic E-state index is 0.661. The summed E-state index contributed by atoms with van der Waals surface area (Å²) in [6.45, 7) is 6.96. The van der Waals surface area contributed by atoms with Gasteiger partial charge in [-0.25, -0.2) is 9.98 Å². The molecule has 2 bridgehead atoms. The third-order valence-electron chi connectivity index (χ3n) is 5.07. The van der Waals surface area contributed by atoms with Gasteiger partial charge in [0.05, 0.1) is 11.7 Å². The van der Waals surface area contributed by atoms with E-state index in [1.54, 1.807) is 0 Å². The number of hydrogen-bond acceptors (Lipinski definition) is 3. The van der Waals surface area contributed by atoms with E-state index in [0.717, 1.165) is 29.1 Å². The first-order valence-electron chi connectivity index (χ1n) is 7.77. The molecular formula is C15H24BN3. The lowest BCUT2D eigenvalue weighted by Crippen LogP contribution is -2.54. The van der Waals surface area contributed by atoms with Crippen LogP contribution in [0.25, 0.3) is 0 Å². The molecule has 0 aromatic rings. The van der Waals surface area contributed by atoms with Crippen molar-refractivity contribution in [3.63, 3.8) is 0 Å². The molecule has 3 aliphatic heterocycles. The van der Waals surface area contributed by atoms with Crippen LogP contribution in [0.15, 0.2) is 21.9 Å². The Morgan fingerprint density at radius 2 is 1.47 bits per heavy atom. The van der Waals surface area contributed by atoms with Crippen LogP contribution in [-0.2, 0) is 0 Å². The molecule has 0 saturated carbocycles. The number of fused-ring (bicyclic) bond motifs is 2. The lowest BCUT2D eigenvalue weighted by atomic mass is 9.33. The van der Waals surface area contributed by atoms with Gasteiger partial charge in [0.1, 0.15) is 0 Å². The van der Waals surface area contributed by atoms with Crippen LogP contribution in [-0.4, -0.2) is 23.3 Å². The Balaban J connectivity index is 1.91. The van der Waals surface area contributed by atoms with Gasteiger partial charge in [0.15, 0.2) is 5.82 Å². The summed E-state index contributed by atoms with van der Waals surface area (Å²) in [5.74, 6) is 4.87. The van der Waals surface area contributed by atoms with Gasteiger partial charge in [-0.3, -0.25) is 0 Å². The van der Waals surface area contributed by atoms with E-state index in [9.17, 15) is 0 Å². The molecule has 0 amide bonds. The number of allylic oxidation sites excluding steroid dienone is 1. The molecule has 0 unspecified atom stereocenters. The Bertz CT molecular complexity index is 408. The lowest BCUT2D eigenvalue weighted by Gasteiger charge is -2.46. The second-order valence-electron chi connectivity index (χ2n) is 6.21. The molecule has 3 heterocycles. The van der Waals surface area contributed by atoms with Gasteiger partial charge in [-0.05, 0) is 38.5 Å². The van der Waals surface area contributed by atoms with Gasteiger partial charge < -0.3 is 4.81 Å². The van der Waals surface area contributed by atoms with Crippen molar-refractivity contribution in [2.24, 2.45) is 9.98 Å². The minimum Gasteiger partial charge on any atom is -0.363 e. The fourth-order valence-corrected chi connectivity index (χ4v) is 4.32. The lowest BCUT2D eigenvalue weighted by molar-refractivity contribution is 0.426. The van der Waals surface area contributed by atoms with Crippen LogP contribution < -0.4 is 0 Å². The molecule has 2 saturated heterocycles. The number of amidine groups is 2.